The van der Waals surface area contributed by atoms with E-state index >= 15 is 0 Å². The summed E-state index contributed by atoms with van der Waals surface area (Å²) in [7, 11) is 1.94. The Kier molecular flexibility index (Phi) is 6.75. The van der Waals surface area contributed by atoms with E-state index in [4.69, 9.17) is 20.2 Å². The van der Waals surface area contributed by atoms with Gasteiger partial charge in [-0.2, -0.15) is 0 Å². The van der Waals surface area contributed by atoms with Gasteiger partial charge in [-0.05, 0) is 73.7 Å². The van der Waals surface area contributed by atoms with Crippen LogP contribution in [0.2, 0.25) is 0 Å². The highest BCUT2D eigenvalue weighted by atomic mass is 16.6. The number of ether oxygens (including phenoxy) is 2. The molecular weight excluding hydrogens is 520 g/mol. The lowest BCUT2D eigenvalue weighted by Gasteiger charge is -2.23. The number of hydrogen-bond acceptors (Lipinski definition) is 8. The quantitative estimate of drug-likeness (QED) is 0.344. The third-order valence-electron chi connectivity index (χ3n) is 7.60. The van der Waals surface area contributed by atoms with E-state index in [9.17, 15) is 9.59 Å². The minimum absolute atomic E-state index is 0.0900. The predicted molar refractivity (Wildman–Crippen MR) is 156 cm³/mol. The molecule has 6 rings (SSSR count). The molecule has 0 spiro atoms. The number of hydrogen-bond donors (Lipinski definition) is 2. The molecule has 5 heterocycles. The average molecular weight is 555 g/mol. The Morgan fingerprint density at radius 1 is 1.17 bits per heavy atom. The monoisotopic (exact) mass is 554 g/mol. The summed E-state index contributed by atoms with van der Waals surface area (Å²) in [5, 5.41) is 4.30. The van der Waals surface area contributed by atoms with E-state index < -0.39 is 17.6 Å². The van der Waals surface area contributed by atoms with E-state index in [0.29, 0.717) is 30.2 Å². The summed E-state index contributed by atoms with van der Waals surface area (Å²) < 4.78 is 13.1. The van der Waals surface area contributed by atoms with Gasteiger partial charge in [-0.15, -0.1) is 0 Å². The van der Waals surface area contributed by atoms with E-state index in [1.54, 1.807) is 27.0 Å². The molecule has 2 aliphatic rings. The van der Waals surface area contributed by atoms with Crippen LogP contribution in [0, 0.1) is 0 Å². The molecule has 2 amide bonds. The number of aromatic nitrogens is 3. The number of anilines is 2. The number of imide groups is 1. The third-order valence-corrected chi connectivity index (χ3v) is 7.60. The van der Waals surface area contributed by atoms with Crippen LogP contribution in [0.5, 0.6) is 0 Å². The van der Waals surface area contributed by atoms with Crippen molar-refractivity contribution in [2.75, 3.05) is 18.5 Å². The molecule has 0 radical (unpaired) electrons. The smallest absolute Gasteiger partial charge is 0.417 e. The average Bonchev–Trinajstić information content (AvgIpc) is 3.68. The predicted octanol–water partition coefficient (Wildman–Crippen LogP) is 5.23. The van der Waals surface area contributed by atoms with Gasteiger partial charge in [0.15, 0.2) is 0 Å². The fourth-order valence-corrected chi connectivity index (χ4v) is 5.68. The van der Waals surface area contributed by atoms with Crippen molar-refractivity contribution in [1.29, 1.82) is 0 Å². The van der Waals surface area contributed by atoms with Gasteiger partial charge in [0.1, 0.15) is 17.1 Å². The van der Waals surface area contributed by atoms with Crippen molar-refractivity contribution < 1.29 is 19.1 Å². The van der Waals surface area contributed by atoms with Gasteiger partial charge in [0, 0.05) is 43.9 Å². The maximum Gasteiger partial charge on any atom is 0.417 e. The van der Waals surface area contributed by atoms with Crippen molar-refractivity contribution in [3.63, 3.8) is 0 Å². The maximum absolute atomic E-state index is 13.9. The zero-order chi connectivity index (χ0) is 28.9. The van der Waals surface area contributed by atoms with Gasteiger partial charge in [0.25, 0.3) is 5.91 Å². The van der Waals surface area contributed by atoms with E-state index in [-0.39, 0.29) is 12.5 Å². The number of aryl methyl sites for hydroxylation is 1. The Morgan fingerprint density at radius 2 is 2.00 bits per heavy atom. The van der Waals surface area contributed by atoms with Crippen LogP contribution in [0.3, 0.4) is 0 Å². The number of rotatable bonds is 5. The van der Waals surface area contributed by atoms with Gasteiger partial charge in [0.05, 0.1) is 30.1 Å². The lowest BCUT2D eigenvalue weighted by molar-refractivity contribution is 0.0248. The molecule has 1 saturated heterocycles. The second-order valence-corrected chi connectivity index (χ2v) is 11.5. The van der Waals surface area contributed by atoms with Crippen LogP contribution in [0.15, 0.2) is 48.8 Å². The molecule has 3 N–H and O–H groups in total. The van der Waals surface area contributed by atoms with E-state index in [1.807, 2.05) is 54.2 Å². The standard InChI is InChI=1S/C31H34N6O4/c1-31(2,3)41-30(39)37-16-23-20(21-9-12-33-28-22(21)10-13-36(28)4)5-7-24(27(23)29(37)38)34-26-8-6-19(25(15-32)35-26)18-11-14-40-17-18/h5-10,12-13,18H,11,14-17,32H2,1-4H3,(H,34,35). The molecule has 212 valence electrons. The molecule has 0 aliphatic carbocycles. The van der Waals surface area contributed by atoms with E-state index in [0.717, 1.165) is 56.9 Å². The van der Waals surface area contributed by atoms with Crippen LogP contribution in [0.1, 0.15) is 60.3 Å². The molecule has 10 heteroatoms. The van der Waals surface area contributed by atoms with Crippen molar-refractivity contribution in [3.8, 4) is 11.1 Å². The topological polar surface area (TPSA) is 125 Å². The van der Waals surface area contributed by atoms with Crippen molar-refractivity contribution in [2.24, 2.45) is 12.8 Å². The SMILES string of the molecule is Cn1ccc2c(-c3ccc(Nc4ccc(C5CCOC5)c(CN)n4)c4c3CN(C(=O)OC(C)(C)C)C4=O)ccnc21. The largest absolute Gasteiger partial charge is 0.443 e. The molecule has 41 heavy (non-hydrogen) atoms. The van der Waals surface area contributed by atoms with Crippen molar-refractivity contribution in [2.45, 2.75) is 51.8 Å². The molecule has 1 fully saturated rings. The fourth-order valence-electron chi connectivity index (χ4n) is 5.68. The Hall–Kier alpha value is -4.28. The summed E-state index contributed by atoms with van der Waals surface area (Å²) in [5.74, 6) is 0.425. The number of pyridine rings is 2. The number of nitrogens with zero attached hydrogens (tertiary/aromatic N) is 4. The number of carbonyl (C=O) groups excluding carboxylic acids is 2. The molecule has 1 aromatic carbocycles. The zero-order valence-electron chi connectivity index (χ0n) is 23.7. The van der Waals surface area contributed by atoms with Crippen molar-refractivity contribution in [1.82, 2.24) is 19.4 Å². The minimum Gasteiger partial charge on any atom is -0.443 e. The lowest BCUT2D eigenvalue weighted by atomic mass is 9.94. The minimum atomic E-state index is -0.744. The molecule has 1 atom stereocenters. The van der Waals surface area contributed by atoms with Crippen LogP contribution < -0.4 is 11.1 Å². The lowest BCUT2D eigenvalue weighted by Crippen LogP contribution is -2.37. The van der Waals surface area contributed by atoms with E-state index in [1.165, 1.54) is 0 Å². The van der Waals surface area contributed by atoms with Crippen molar-refractivity contribution in [3.05, 3.63) is 71.2 Å². The Balaban J connectivity index is 1.43. The highest BCUT2D eigenvalue weighted by Crippen LogP contribution is 2.41. The van der Waals surface area contributed by atoms with Gasteiger partial charge in [-0.3, -0.25) is 4.79 Å². The maximum atomic E-state index is 13.9. The Labute approximate surface area is 238 Å². The normalized spacial score (nSPS) is 16.9. The second-order valence-electron chi connectivity index (χ2n) is 11.5. The summed E-state index contributed by atoms with van der Waals surface area (Å²) >= 11 is 0. The molecule has 0 saturated carbocycles. The summed E-state index contributed by atoms with van der Waals surface area (Å²) in [5.41, 5.74) is 11.6. The van der Waals surface area contributed by atoms with Gasteiger partial charge in [0.2, 0.25) is 0 Å². The van der Waals surface area contributed by atoms with Crippen LogP contribution in [-0.2, 0) is 29.6 Å². The fraction of sp³-hybridized carbons (Fsp3) is 0.355. The second kappa shape index (κ2) is 10.3. The number of nitrogens with one attached hydrogen (secondary N) is 1. The molecule has 2 aliphatic heterocycles. The molecule has 10 nitrogen and oxygen atoms in total. The van der Waals surface area contributed by atoms with E-state index in [2.05, 4.69) is 10.3 Å². The first-order chi connectivity index (χ1) is 19.6. The first-order valence-electron chi connectivity index (χ1n) is 13.8. The van der Waals surface area contributed by atoms with Gasteiger partial charge in [-0.1, -0.05) is 12.1 Å². The Bertz CT molecular complexity index is 1670. The summed E-state index contributed by atoms with van der Waals surface area (Å²) in [6.07, 6.45) is 3.97. The molecule has 1 unspecified atom stereocenters. The Morgan fingerprint density at radius 3 is 2.73 bits per heavy atom. The molecule has 4 aromatic rings. The highest BCUT2D eigenvalue weighted by molar-refractivity contribution is 6.12. The molecule has 0 bridgehead atoms. The number of carbonyl (C=O) groups is 2. The van der Waals surface area contributed by atoms with Crippen molar-refractivity contribution >= 4 is 34.5 Å². The zero-order valence-corrected chi connectivity index (χ0v) is 23.7. The van der Waals surface area contributed by atoms with Crippen LogP contribution in [-0.4, -0.2) is 50.3 Å². The van der Waals surface area contributed by atoms with Gasteiger partial charge >= 0.3 is 6.09 Å². The van der Waals surface area contributed by atoms with Crippen LogP contribution in [0.25, 0.3) is 22.2 Å². The van der Waals surface area contributed by atoms with Crippen LogP contribution in [0.4, 0.5) is 16.3 Å². The number of amides is 2. The molecule has 3 aromatic heterocycles. The van der Waals surface area contributed by atoms with Crippen LogP contribution >= 0.6 is 0 Å². The van der Waals surface area contributed by atoms with Gasteiger partial charge < -0.3 is 25.1 Å². The summed E-state index contributed by atoms with van der Waals surface area (Å²) in [4.78, 5) is 37.5. The first kappa shape index (κ1) is 26.9. The summed E-state index contributed by atoms with van der Waals surface area (Å²) in [6.45, 7) is 7.11. The number of fused-ring (bicyclic) bond motifs is 2. The highest BCUT2D eigenvalue weighted by Gasteiger charge is 2.39. The first-order valence-corrected chi connectivity index (χ1v) is 13.8. The number of benzene rings is 1. The van der Waals surface area contributed by atoms with Gasteiger partial charge in [-0.25, -0.2) is 19.7 Å². The number of nitrogens with two attached hydrogens (primary N) is 1. The summed E-state index contributed by atoms with van der Waals surface area (Å²) in [6, 6.07) is 11.7. The third kappa shape index (κ3) is 4.93. The molecular formula is C31H34N6O4.